The Bertz CT molecular complexity index is 1230. The SMILES string of the molecule is O=[N+]([O-])c1ccc(N/N=C\c2ccccc2F)c(S(=O)(=O)Nc2ccccc2Cl)c1. The Kier molecular flexibility index (Phi) is 6.28. The maximum atomic E-state index is 13.7. The predicted octanol–water partition coefficient (Wildman–Crippen LogP) is 4.63. The van der Waals surface area contributed by atoms with Gasteiger partial charge in [-0.1, -0.05) is 41.9 Å². The van der Waals surface area contributed by atoms with Crippen molar-refractivity contribution < 1.29 is 17.7 Å². The van der Waals surface area contributed by atoms with Crippen LogP contribution in [0.3, 0.4) is 0 Å². The molecule has 0 aliphatic carbocycles. The lowest BCUT2D eigenvalue weighted by Crippen LogP contribution is -2.15. The molecule has 0 spiro atoms. The summed E-state index contributed by atoms with van der Waals surface area (Å²) in [5, 5.41) is 15.1. The molecule has 0 heterocycles. The molecular weight excluding hydrogens is 435 g/mol. The van der Waals surface area contributed by atoms with Crippen LogP contribution in [-0.4, -0.2) is 19.6 Å². The fraction of sp³-hybridized carbons (Fsp3) is 0. The molecular formula is C19H14ClFN4O4S. The summed E-state index contributed by atoms with van der Waals surface area (Å²) in [7, 11) is -4.28. The average Bonchev–Trinajstić information content (AvgIpc) is 2.71. The summed E-state index contributed by atoms with van der Waals surface area (Å²) in [6.45, 7) is 0. The van der Waals surface area contributed by atoms with E-state index >= 15 is 0 Å². The van der Waals surface area contributed by atoms with Crippen LogP contribution in [-0.2, 0) is 10.0 Å². The number of hydrogen-bond donors (Lipinski definition) is 2. The minimum absolute atomic E-state index is 0.0484. The molecule has 0 amide bonds. The molecule has 0 bridgehead atoms. The summed E-state index contributed by atoms with van der Waals surface area (Å²) in [4.78, 5) is 9.97. The summed E-state index contributed by atoms with van der Waals surface area (Å²) in [6.07, 6.45) is 1.16. The molecule has 0 aromatic heterocycles. The largest absolute Gasteiger partial charge is 0.278 e. The van der Waals surface area contributed by atoms with Crippen molar-refractivity contribution in [2.45, 2.75) is 4.90 Å². The van der Waals surface area contributed by atoms with Crippen LogP contribution in [0, 0.1) is 15.9 Å². The smallest absolute Gasteiger partial charge is 0.270 e. The van der Waals surface area contributed by atoms with E-state index in [0.29, 0.717) is 0 Å². The number of rotatable bonds is 7. The van der Waals surface area contributed by atoms with Crippen LogP contribution >= 0.6 is 11.6 Å². The topological polar surface area (TPSA) is 114 Å². The van der Waals surface area contributed by atoms with Gasteiger partial charge in [0.05, 0.1) is 27.5 Å². The molecule has 0 unspecified atom stereocenters. The van der Waals surface area contributed by atoms with E-state index in [0.717, 1.165) is 18.3 Å². The van der Waals surface area contributed by atoms with Crippen molar-refractivity contribution in [2.24, 2.45) is 5.10 Å². The van der Waals surface area contributed by atoms with Gasteiger partial charge in [0, 0.05) is 17.7 Å². The number of hydrazone groups is 1. The number of para-hydroxylation sites is 1. The van der Waals surface area contributed by atoms with Gasteiger partial charge in [-0.05, 0) is 24.3 Å². The summed E-state index contributed by atoms with van der Waals surface area (Å²) < 4.78 is 41.8. The Balaban J connectivity index is 1.97. The molecule has 3 aromatic rings. The average molecular weight is 449 g/mol. The van der Waals surface area contributed by atoms with Gasteiger partial charge in [-0.2, -0.15) is 5.10 Å². The van der Waals surface area contributed by atoms with Gasteiger partial charge in [-0.25, -0.2) is 12.8 Å². The van der Waals surface area contributed by atoms with Crippen molar-refractivity contribution in [3.63, 3.8) is 0 Å². The molecule has 0 aliphatic heterocycles. The third kappa shape index (κ3) is 4.91. The van der Waals surface area contributed by atoms with Crippen LogP contribution in [0.2, 0.25) is 5.02 Å². The van der Waals surface area contributed by atoms with Gasteiger partial charge >= 0.3 is 0 Å². The first kappa shape index (κ1) is 21.2. The molecule has 3 rings (SSSR count). The van der Waals surface area contributed by atoms with Gasteiger partial charge in [0.2, 0.25) is 0 Å². The zero-order valence-electron chi connectivity index (χ0n) is 15.1. The van der Waals surface area contributed by atoms with Crippen LogP contribution in [0.15, 0.2) is 76.7 Å². The zero-order chi connectivity index (χ0) is 21.7. The van der Waals surface area contributed by atoms with Crippen molar-refractivity contribution in [1.29, 1.82) is 0 Å². The molecule has 0 saturated carbocycles. The lowest BCUT2D eigenvalue weighted by atomic mass is 10.2. The van der Waals surface area contributed by atoms with Crippen LogP contribution in [0.5, 0.6) is 0 Å². The number of halogens is 2. The molecule has 8 nitrogen and oxygen atoms in total. The number of nitro groups is 1. The van der Waals surface area contributed by atoms with Gasteiger partial charge < -0.3 is 0 Å². The van der Waals surface area contributed by atoms with E-state index in [1.54, 1.807) is 18.2 Å². The van der Waals surface area contributed by atoms with Crippen molar-refractivity contribution in [2.75, 3.05) is 10.1 Å². The van der Waals surface area contributed by atoms with Crippen molar-refractivity contribution in [3.8, 4) is 0 Å². The first-order valence-electron chi connectivity index (χ1n) is 8.37. The van der Waals surface area contributed by atoms with E-state index in [4.69, 9.17) is 11.6 Å². The number of sulfonamides is 1. The van der Waals surface area contributed by atoms with Gasteiger partial charge in [0.25, 0.3) is 15.7 Å². The van der Waals surface area contributed by atoms with Crippen molar-refractivity contribution in [3.05, 3.63) is 93.2 Å². The van der Waals surface area contributed by atoms with Gasteiger partial charge in [-0.15, -0.1) is 0 Å². The zero-order valence-corrected chi connectivity index (χ0v) is 16.7. The van der Waals surface area contributed by atoms with E-state index in [1.807, 2.05) is 0 Å². The highest BCUT2D eigenvalue weighted by molar-refractivity contribution is 7.93. The Morgan fingerprint density at radius 1 is 1.03 bits per heavy atom. The monoisotopic (exact) mass is 448 g/mol. The standard InChI is InChI=1S/C19H14ClFN4O4S/c20-15-6-2-4-8-17(15)24-30(28,29)19-11-14(25(26)27)9-10-18(19)23-22-12-13-5-1-3-7-16(13)21/h1-12,23-24H/b22-12-. The number of hydrogen-bond acceptors (Lipinski definition) is 6. The molecule has 30 heavy (non-hydrogen) atoms. The second-order valence-electron chi connectivity index (χ2n) is 5.91. The quantitative estimate of drug-likeness (QED) is 0.310. The van der Waals surface area contributed by atoms with E-state index in [2.05, 4.69) is 15.2 Å². The minimum atomic E-state index is -4.28. The Morgan fingerprint density at radius 2 is 1.73 bits per heavy atom. The number of non-ortho nitro benzene ring substituents is 1. The molecule has 3 aromatic carbocycles. The van der Waals surface area contributed by atoms with Gasteiger partial charge in [0.1, 0.15) is 10.7 Å². The number of benzene rings is 3. The van der Waals surface area contributed by atoms with E-state index in [-0.39, 0.29) is 22.0 Å². The normalized spacial score (nSPS) is 11.4. The van der Waals surface area contributed by atoms with E-state index in [1.165, 1.54) is 36.4 Å². The van der Waals surface area contributed by atoms with Crippen molar-refractivity contribution in [1.82, 2.24) is 0 Å². The highest BCUT2D eigenvalue weighted by Gasteiger charge is 2.23. The number of nitro benzene ring substituents is 1. The van der Waals surface area contributed by atoms with Gasteiger partial charge in [-0.3, -0.25) is 20.3 Å². The van der Waals surface area contributed by atoms with E-state index in [9.17, 15) is 22.9 Å². The number of anilines is 2. The molecule has 0 radical (unpaired) electrons. The highest BCUT2D eigenvalue weighted by Crippen LogP contribution is 2.30. The van der Waals surface area contributed by atoms with Crippen LogP contribution in [0.25, 0.3) is 0 Å². The molecule has 0 atom stereocenters. The maximum absolute atomic E-state index is 13.7. The number of nitrogens with zero attached hydrogens (tertiary/aromatic N) is 2. The fourth-order valence-corrected chi connectivity index (χ4v) is 3.93. The van der Waals surface area contributed by atoms with Crippen molar-refractivity contribution >= 4 is 44.9 Å². The first-order chi connectivity index (χ1) is 14.3. The second kappa shape index (κ2) is 8.89. The highest BCUT2D eigenvalue weighted by atomic mass is 35.5. The van der Waals surface area contributed by atoms with Crippen LogP contribution in [0.1, 0.15) is 5.56 Å². The first-order valence-corrected chi connectivity index (χ1v) is 10.2. The summed E-state index contributed by atoms with van der Waals surface area (Å²) in [6, 6.07) is 15.2. The molecule has 0 aliphatic rings. The van der Waals surface area contributed by atoms with E-state index < -0.39 is 31.3 Å². The summed E-state index contributed by atoms with van der Waals surface area (Å²) in [5.41, 5.74) is 2.28. The predicted molar refractivity (Wildman–Crippen MR) is 113 cm³/mol. The van der Waals surface area contributed by atoms with Crippen LogP contribution < -0.4 is 10.1 Å². The lowest BCUT2D eigenvalue weighted by molar-refractivity contribution is -0.385. The fourth-order valence-electron chi connectivity index (χ4n) is 2.43. The lowest BCUT2D eigenvalue weighted by Gasteiger charge is -2.12. The number of nitrogens with one attached hydrogen (secondary N) is 2. The summed E-state index contributed by atoms with van der Waals surface area (Å²) >= 11 is 6.00. The maximum Gasteiger partial charge on any atom is 0.270 e. The third-order valence-electron chi connectivity index (χ3n) is 3.88. The molecule has 0 fully saturated rings. The molecule has 2 N–H and O–H groups in total. The third-order valence-corrected chi connectivity index (χ3v) is 5.61. The molecule has 0 saturated heterocycles. The second-order valence-corrected chi connectivity index (χ2v) is 7.97. The Morgan fingerprint density at radius 3 is 2.43 bits per heavy atom. The molecule has 154 valence electrons. The summed E-state index contributed by atoms with van der Waals surface area (Å²) in [5.74, 6) is -0.514. The molecule has 11 heteroatoms. The van der Waals surface area contributed by atoms with Crippen LogP contribution in [0.4, 0.5) is 21.5 Å². The Labute approximate surface area is 176 Å². The minimum Gasteiger partial charge on any atom is -0.278 e. The Hall–Kier alpha value is -3.50. The van der Waals surface area contributed by atoms with Gasteiger partial charge in [0.15, 0.2) is 0 Å².